The maximum atomic E-state index is 5.49. The fourth-order valence-corrected chi connectivity index (χ4v) is 1.76. The molecular weight excluding hydrogens is 162 g/mol. The van der Waals surface area contributed by atoms with E-state index in [-0.39, 0.29) is 5.54 Å². The molecule has 0 aromatic rings. The number of morpholine rings is 1. The lowest BCUT2D eigenvalue weighted by molar-refractivity contribution is -0.0629. The molecule has 0 unspecified atom stereocenters. The van der Waals surface area contributed by atoms with Crippen LogP contribution < -0.4 is 0 Å². The third kappa shape index (κ3) is 3.28. The van der Waals surface area contributed by atoms with Crippen LogP contribution in [0.3, 0.4) is 0 Å². The standard InChI is InChI=1S/C11H23NO/c1-10(2,3)8-12-6-7-13-9-11(12,4)5/h6-9H2,1-5H3. The molecule has 0 atom stereocenters. The Bertz CT molecular complexity index is 169. The van der Waals surface area contributed by atoms with Crippen molar-refractivity contribution in [3.05, 3.63) is 0 Å². The summed E-state index contributed by atoms with van der Waals surface area (Å²) < 4.78 is 5.49. The van der Waals surface area contributed by atoms with E-state index in [1.54, 1.807) is 0 Å². The van der Waals surface area contributed by atoms with E-state index >= 15 is 0 Å². The van der Waals surface area contributed by atoms with Gasteiger partial charge in [0.25, 0.3) is 0 Å². The van der Waals surface area contributed by atoms with Gasteiger partial charge < -0.3 is 4.74 Å². The van der Waals surface area contributed by atoms with Crippen molar-refractivity contribution in [2.45, 2.75) is 40.2 Å². The number of hydrogen-bond acceptors (Lipinski definition) is 2. The van der Waals surface area contributed by atoms with Crippen LogP contribution in [0.1, 0.15) is 34.6 Å². The smallest absolute Gasteiger partial charge is 0.0645 e. The molecule has 0 radical (unpaired) electrons. The first-order chi connectivity index (χ1) is 5.81. The van der Waals surface area contributed by atoms with Gasteiger partial charge in [-0.05, 0) is 19.3 Å². The van der Waals surface area contributed by atoms with Crippen LogP contribution in [0.4, 0.5) is 0 Å². The van der Waals surface area contributed by atoms with Gasteiger partial charge in [0, 0.05) is 18.6 Å². The second kappa shape index (κ2) is 3.58. The quantitative estimate of drug-likeness (QED) is 0.620. The zero-order valence-corrected chi connectivity index (χ0v) is 9.68. The SMILES string of the molecule is CC(C)(C)CN1CCOCC1(C)C. The zero-order valence-electron chi connectivity index (χ0n) is 9.68. The van der Waals surface area contributed by atoms with Crippen LogP contribution in [0.15, 0.2) is 0 Å². The van der Waals surface area contributed by atoms with E-state index in [4.69, 9.17) is 4.74 Å². The molecule has 13 heavy (non-hydrogen) atoms. The summed E-state index contributed by atoms with van der Waals surface area (Å²) in [6.45, 7) is 15.4. The average molecular weight is 185 g/mol. The van der Waals surface area contributed by atoms with Crippen LogP contribution >= 0.6 is 0 Å². The first-order valence-corrected chi connectivity index (χ1v) is 5.14. The van der Waals surface area contributed by atoms with Gasteiger partial charge in [-0.3, -0.25) is 4.90 Å². The van der Waals surface area contributed by atoms with Crippen LogP contribution in [0.2, 0.25) is 0 Å². The second-order valence-corrected chi connectivity index (χ2v) is 5.85. The number of rotatable bonds is 1. The second-order valence-electron chi connectivity index (χ2n) is 5.85. The van der Waals surface area contributed by atoms with Gasteiger partial charge in [-0.15, -0.1) is 0 Å². The van der Waals surface area contributed by atoms with Crippen molar-refractivity contribution >= 4 is 0 Å². The Balaban J connectivity index is 2.56. The third-order valence-electron chi connectivity index (χ3n) is 2.48. The van der Waals surface area contributed by atoms with Crippen molar-refractivity contribution in [1.29, 1.82) is 0 Å². The molecule has 1 fully saturated rings. The van der Waals surface area contributed by atoms with Crippen molar-refractivity contribution < 1.29 is 4.74 Å². The Labute approximate surface area is 82.3 Å². The average Bonchev–Trinajstić information content (AvgIpc) is 1.91. The molecule has 1 rings (SSSR count). The highest BCUT2D eigenvalue weighted by molar-refractivity contribution is 4.86. The Morgan fingerprint density at radius 3 is 2.38 bits per heavy atom. The fraction of sp³-hybridized carbons (Fsp3) is 1.00. The minimum Gasteiger partial charge on any atom is -0.378 e. The van der Waals surface area contributed by atoms with Crippen LogP contribution in [0.5, 0.6) is 0 Å². The summed E-state index contributed by atoms with van der Waals surface area (Å²) in [5.74, 6) is 0. The lowest BCUT2D eigenvalue weighted by Crippen LogP contribution is -2.55. The lowest BCUT2D eigenvalue weighted by atomic mass is 9.92. The number of ether oxygens (including phenoxy) is 1. The monoisotopic (exact) mass is 185 g/mol. The summed E-state index contributed by atoms with van der Waals surface area (Å²) in [6.07, 6.45) is 0. The van der Waals surface area contributed by atoms with Crippen molar-refractivity contribution in [2.24, 2.45) is 5.41 Å². The van der Waals surface area contributed by atoms with Crippen LogP contribution in [-0.4, -0.2) is 36.7 Å². The summed E-state index contributed by atoms with van der Waals surface area (Å²) >= 11 is 0. The number of nitrogens with zero attached hydrogens (tertiary/aromatic N) is 1. The van der Waals surface area contributed by atoms with Crippen LogP contribution in [0.25, 0.3) is 0 Å². The van der Waals surface area contributed by atoms with Crippen molar-refractivity contribution in [2.75, 3.05) is 26.3 Å². The maximum absolute atomic E-state index is 5.49. The van der Waals surface area contributed by atoms with E-state index < -0.39 is 0 Å². The molecule has 1 aliphatic heterocycles. The molecule has 0 aromatic carbocycles. The summed E-state index contributed by atoms with van der Waals surface area (Å²) in [5, 5.41) is 0. The van der Waals surface area contributed by atoms with Crippen LogP contribution in [-0.2, 0) is 4.74 Å². The predicted octanol–water partition coefficient (Wildman–Crippen LogP) is 2.14. The van der Waals surface area contributed by atoms with Gasteiger partial charge in [0.2, 0.25) is 0 Å². The zero-order chi connectivity index (χ0) is 10.1. The van der Waals surface area contributed by atoms with E-state index in [2.05, 4.69) is 39.5 Å². The van der Waals surface area contributed by atoms with E-state index in [1.165, 1.54) is 0 Å². The fourth-order valence-electron chi connectivity index (χ4n) is 1.76. The Kier molecular flexibility index (Phi) is 3.03. The molecule has 0 spiro atoms. The summed E-state index contributed by atoms with van der Waals surface area (Å²) in [5.41, 5.74) is 0.597. The first kappa shape index (κ1) is 11.0. The summed E-state index contributed by atoms with van der Waals surface area (Å²) in [6, 6.07) is 0. The van der Waals surface area contributed by atoms with Crippen LogP contribution in [0, 0.1) is 5.41 Å². The van der Waals surface area contributed by atoms with E-state index in [1.807, 2.05) is 0 Å². The highest BCUT2D eigenvalue weighted by Gasteiger charge is 2.32. The van der Waals surface area contributed by atoms with Gasteiger partial charge in [0.15, 0.2) is 0 Å². The molecule has 0 N–H and O–H groups in total. The molecule has 2 nitrogen and oxygen atoms in total. The highest BCUT2D eigenvalue weighted by atomic mass is 16.5. The lowest BCUT2D eigenvalue weighted by Gasteiger charge is -2.44. The van der Waals surface area contributed by atoms with Gasteiger partial charge in [-0.2, -0.15) is 0 Å². The highest BCUT2D eigenvalue weighted by Crippen LogP contribution is 2.24. The largest absolute Gasteiger partial charge is 0.378 e. The minimum atomic E-state index is 0.214. The Hall–Kier alpha value is -0.0800. The summed E-state index contributed by atoms with van der Waals surface area (Å²) in [7, 11) is 0. The van der Waals surface area contributed by atoms with Gasteiger partial charge in [-0.1, -0.05) is 20.8 Å². The molecule has 1 heterocycles. The maximum Gasteiger partial charge on any atom is 0.0645 e. The summed E-state index contributed by atoms with van der Waals surface area (Å²) in [4.78, 5) is 2.54. The van der Waals surface area contributed by atoms with Gasteiger partial charge in [0.05, 0.1) is 13.2 Å². The molecular formula is C11H23NO. The Morgan fingerprint density at radius 2 is 1.92 bits per heavy atom. The van der Waals surface area contributed by atoms with E-state index in [0.29, 0.717) is 5.41 Å². The third-order valence-corrected chi connectivity index (χ3v) is 2.48. The van der Waals surface area contributed by atoms with Gasteiger partial charge in [0.1, 0.15) is 0 Å². The van der Waals surface area contributed by atoms with E-state index in [0.717, 1.165) is 26.3 Å². The molecule has 78 valence electrons. The van der Waals surface area contributed by atoms with Crippen molar-refractivity contribution in [3.8, 4) is 0 Å². The van der Waals surface area contributed by atoms with Crippen molar-refractivity contribution in [3.63, 3.8) is 0 Å². The molecule has 0 amide bonds. The van der Waals surface area contributed by atoms with Gasteiger partial charge in [-0.25, -0.2) is 0 Å². The minimum absolute atomic E-state index is 0.214. The first-order valence-electron chi connectivity index (χ1n) is 5.14. The number of hydrogen-bond donors (Lipinski definition) is 0. The Morgan fingerprint density at radius 1 is 1.31 bits per heavy atom. The molecule has 0 aliphatic carbocycles. The molecule has 0 aromatic heterocycles. The molecule has 1 aliphatic rings. The molecule has 0 saturated carbocycles. The van der Waals surface area contributed by atoms with Crippen molar-refractivity contribution in [1.82, 2.24) is 4.90 Å². The molecule has 2 heteroatoms. The topological polar surface area (TPSA) is 12.5 Å². The van der Waals surface area contributed by atoms with Gasteiger partial charge >= 0.3 is 0 Å². The van der Waals surface area contributed by atoms with E-state index in [9.17, 15) is 0 Å². The predicted molar refractivity (Wildman–Crippen MR) is 55.9 cm³/mol. The molecule has 1 saturated heterocycles. The normalized spacial score (nSPS) is 24.7. The molecule has 0 bridgehead atoms.